The maximum absolute atomic E-state index is 13.8. The molecule has 1 saturated carbocycles. The topological polar surface area (TPSA) is 58.6 Å². The number of carbonyl (C=O) groups excluding carboxylic acids is 2. The minimum Gasteiger partial charge on any atom is -0.494 e. The highest BCUT2D eigenvalue weighted by Gasteiger charge is 2.32. The lowest BCUT2D eigenvalue weighted by Crippen LogP contribution is -2.52. The highest BCUT2D eigenvalue weighted by molar-refractivity contribution is 6.35. The van der Waals surface area contributed by atoms with Gasteiger partial charge in [-0.3, -0.25) is 9.59 Å². The van der Waals surface area contributed by atoms with Crippen molar-refractivity contribution in [3.63, 3.8) is 0 Å². The lowest BCUT2D eigenvalue weighted by atomic mass is 10.0. The first kappa shape index (κ1) is 29.0. The van der Waals surface area contributed by atoms with Gasteiger partial charge < -0.3 is 15.0 Å². The van der Waals surface area contributed by atoms with Crippen LogP contribution in [0.25, 0.3) is 0 Å². The molecule has 0 heterocycles. The van der Waals surface area contributed by atoms with E-state index in [0.717, 1.165) is 48.1 Å². The average Bonchev–Trinajstić information content (AvgIpc) is 3.44. The zero-order valence-electron chi connectivity index (χ0n) is 22.4. The van der Waals surface area contributed by atoms with Gasteiger partial charge in [-0.2, -0.15) is 0 Å². The third-order valence-electron chi connectivity index (χ3n) is 7.15. The van der Waals surface area contributed by atoms with Crippen molar-refractivity contribution in [2.45, 2.75) is 70.5 Å². The summed E-state index contributed by atoms with van der Waals surface area (Å²) < 4.78 is 5.85. The van der Waals surface area contributed by atoms with Crippen LogP contribution in [0.2, 0.25) is 10.0 Å². The summed E-state index contributed by atoms with van der Waals surface area (Å²) in [5, 5.41) is 4.22. The molecular formula is C32H36Cl2N2O3. The van der Waals surface area contributed by atoms with Gasteiger partial charge in [-0.15, -0.1) is 0 Å². The Labute approximate surface area is 241 Å². The van der Waals surface area contributed by atoms with Gasteiger partial charge in [0, 0.05) is 35.5 Å². The Balaban J connectivity index is 1.54. The monoisotopic (exact) mass is 566 g/mol. The minimum absolute atomic E-state index is 0.115. The van der Waals surface area contributed by atoms with E-state index in [9.17, 15) is 9.59 Å². The largest absolute Gasteiger partial charge is 0.494 e. The van der Waals surface area contributed by atoms with Crippen molar-refractivity contribution in [2.75, 3.05) is 6.61 Å². The van der Waals surface area contributed by atoms with E-state index in [-0.39, 0.29) is 30.8 Å². The number of aryl methyl sites for hydroxylation is 1. The molecule has 3 aromatic carbocycles. The normalized spacial score (nSPS) is 14.1. The van der Waals surface area contributed by atoms with Crippen molar-refractivity contribution >= 4 is 35.0 Å². The Kier molecular flexibility index (Phi) is 10.7. The van der Waals surface area contributed by atoms with Gasteiger partial charge in [0.25, 0.3) is 0 Å². The zero-order valence-corrected chi connectivity index (χ0v) is 23.9. The van der Waals surface area contributed by atoms with Gasteiger partial charge in [-0.1, -0.05) is 90.1 Å². The Morgan fingerprint density at radius 2 is 1.72 bits per heavy atom. The predicted octanol–water partition coefficient (Wildman–Crippen LogP) is 7.16. The molecule has 0 radical (unpaired) electrons. The van der Waals surface area contributed by atoms with Crippen LogP contribution in [-0.2, 0) is 22.6 Å². The molecule has 0 spiro atoms. The zero-order chi connectivity index (χ0) is 27.6. The smallest absolute Gasteiger partial charge is 0.243 e. The van der Waals surface area contributed by atoms with Crippen LogP contribution in [0.15, 0.2) is 72.8 Å². The molecule has 3 aromatic rings. The summed E-state index contributed by atoms with van der Waals surface area (Å²) in [4.78, 5) is 29.2. The van der Waals surface area contributed by atoms with E-state index >= 15 is 0 Å². The quantitative estimate of drug-likeness (QED) is 0.236. The number of halogens is 2. The highest BCUT2D eigenvalue weighted by atomic mass is 35.5. The van der Waals surface area contributed by atoms with Crippen molar-refractivity contribution in [3.8, 4) is 5.75 Å². The number of ether oxygens (including phenoxy) is 1. The molecule has 1 aliphatic rings. The molecule has 206 valence electrons. The van der Waals surface area contributed by atoms with E-state index < -0.39 is 6.04 Å². The summed E-state index contributed by atoms with van der Waals surface area (Å²) in [6.07, 6.45) is 5.35. The van der Waals surface area contributed by atoms with E-state index in [2.05, 4.69) is 5.32 Å². The van der Waals surface area contributed by atoms with E-state index in [1.165, 1.54) is 0 Å². The standard InChI is InChI=1S/C32H36Cl2N2O3/c1-23-13-17-28(18-14-23)39-19-7-12-31(37)36(22-25-15-16-26(33)21-29(25)34)30(20-24-8-3-2-4-9-24)32(38)35-27-10-5-6-11-27/h2-4,8-9,13-18,21,27,30H,5-7,10-12,19-20,22H2,1H3,(H,35,38)/t30-/m1/s1. The minimum atomic E-state index is -0.676. The van der Waals surface area contributed by atoms with Crippen molar-refractivity contribution in [2.24, 2.45) is 0 Å². The van der Waals surface area contributed by atoms with E-state index in [1.807, 2.05) is 67.6 Å². The Morgan fingerprint density at radius 1 is 1.00 bits per heavy atom. The van der Waals surface area contributed by atoms with E-state index in [1.54, 1.807) is 17.0 Å². The van der Waals surface area contributed by atoms with Crippen LogP contribution in [0.5, 0.6) is 5.75 Å². The fraction of sp³-hybridized carbons (Fsp3) is 0.375. The molecule has 1 fully saturated rings. The Bertz CT molecular complexity index is 1230. The SMILES string of the molecule is Cc1ccc(OCCCC(=O)N(Cc2ccc(Cl)cc2Cl)[C@H](Cc2ccccc2)C(=O)NC2CCCC2)cc1. The van der Waals surface area contributed by atoms with Gasteiger partial charge in [0.05, 0.1) is 6.61 Å². The number of hydrogen-bond donors (Lipinski definition) is 1. The first-order valence-corrected chi connectivity index (χ1v) is 14.4. The number of nitrogens with zero attached hydrogens (tertiary/aromatic N) is 1. The summed E-state index contributed by atoms with van der Waals surface area (Å²) in [5.41, 5.74) is 2.90. The summed E-state index contributed by atoms with van der Waals surface area (Å²) in [6, 6.07) is 22.4. The number of amides is 2. The number of carbonyl (C=O) groups is 2. The molecule has 1 aliphatic carbocycles. The molecule has 39 heavy (non-hydrogen) atoms. The molecular weight excluding hydrogens is 531 g/mol. The van der Waals surface area contributed by atoms with Crippen LogP contribution < -0.4 is 10.1 Å². The van der Waals surface area contributed by atoms with Gasteiger partial charge in [0.15, 0.2) is 0 Å². The van der Waals surface area contributed by atoms with Gasteiger partial charge in [-0.05, 0) is 61.6 Å². The lowest BCUT2D eigenvalue weighted by molar-refractivity contribution is -0.141. The predicted molar refractivity (Wildman–Crippen MR) is 157 cm³/mol. The maximum Gasteiger partial charge on any atom is 0.243 e. The number of hydrogen-bond acceptors (Lipinski definition) is 3. The average molecular weight is 568 g/mol. The second-order valence-electron chi connectivity index (χ2n) is 10.2. The third kappa shape index (κ3) is 8.74. The van der Waals surface area contributed by atoms with Crippen LogP contribution in [0, 0.1) is 6.92 Å². The molecule has 0 saturated heterocycles. The molecule has 1 N–H and O–H groups in total. The molecule has 0 bridgehead atoms. The second-order valence-corrected chi connectivity index (χ2v) is 11.1. The lowest BCUT2D eigenvalue weighted by Gasteiger charge is -2.32. The van der Waals surface area contributed by atoms with Crippen molar-refractivity contribution in [1.29, 1.82) is 0 Å². The molecule has 7 heteroatoms. The van der Waals surface area contributed by atoms with Crippen molar-refractivity contribution in [1.82, 2.24) is 10.2 Å². The molecule has 0 aromatic heterocycles. The second kappa shape index (κ2) is 14.4. The molecule has 2 amide bonds. The molecule has 0 aliphatic heterocycles. The van der Waals surface area contributed by atoms with Crippen LogP contribution in [0.4, 0.5) is 0 Å². The fourth-order valence-corrected chi connectivity index (χ4v) is 5.41. The molecule has 0 unspecified atom stereocenters. The molecule has 1 atom stereocenters. The van der Waals surface area contributed by atoms with E-state index in [4.69, 9.17) is 27.9 Å². The van der Waals surface area contributed by atoms with Crippen LogP contribution in [0.1, 0.15) is 55.2 Å². The Morgan fingerprint density at radius 3 is 2.41 bits per heavy atom. The van der Waals surface area contributed by atoms with Gasteiger partial charge in [-0.25, -0.2) is 0 Å². The highest BCUT2D eigenvalue weighted by Crippen LogP contribution is 2.25. The summed E-state index contributed by atoms with van der Waals surface area (Å²) in [7, 11) is 0. The van der Waals surface area contributed by atoms with E-state index in [0.29, 0.717) is 29.5 Å². The first-order chi connectivity index (χ1) is 18.9. The summed E-state index contributed by atoms with van der Waals surface area (Å²) in [6.45, 7) is 2.64. The maximum atomic E-state index is 13.8. The van der Waals surface area contributed by atoms with Crippen LogP contribution in [0.3, 0.4) is 0 Å². The molecule has 4 rings (SSSR count). The van der Waals surface area contributed by atoms with Gasteiger partial charge in [0.2, 0.25) is 11.8 Å². The number of benzene rings is 3. The Hall–Kier alpha value is -3.02. The van der Waals surface area contributed by atoms with Crippen LogP contribution in [-0.4, -0.2) is 35.4 Å². The van der Waals surface area contributed by atoms with Crippen molar-refractivity contribution in [3.05, 3.63) is 99.5 Å². The number of nitrogens with one attached hydrogen (secondary N) is 1. The van der Waals surface area contributed by atoms with Gasteiger partial charge >= 0.3 is 0 Å². The summed E-state index contributed by atoms with van der Waals surface area (Å²) >= 11 is 12.7. The van der Waals surface area contributed by atoms with Crippen molar-refractivity contribution < 1.29 is 14.3 Å². The summed E-state index contributed by atoms with van der Waals surface area (Å²) in [5.74, 6) is 0.534. The first-order valence-electron chi connectivity index (χ1n) is 13.7. The third-order valence-corrected chi connectivity index (χ3v) is 7.74. The fourth-order valence-electron chi connectivity index (χ4n) is 4.95. The van der Waals surface area contributed by atoms with Gasteiger partial charge in [0.1, 0.15) is 11.8 Å². The van der Waals surface area contributed by atoms with Crippen LogP contribution >= 0.6 is 23.2 Å². The molecule has 5 nitrogen and oxygen atoms in total. The number of rotatable bonds is 12.